The van der Waals surface area contributed by atoms with Crippen molar-refractivity contribution in [3.8, 4) is 17.2 Å². The van der Waals surface area contributed by atoms with Gasteiger partial charge in [-0.1, -0.05) is 240 Å². The molecule has 1 aromatic heterocycles. The smallest absolute Gasteiger partial charge is 0.308 e. The van der Waals surface area contributed by atoms with Crippen LogP contribution in [0.2, 0.25) is 5.15 Å². The van der Waals surface area contributed by atoms with E-state index in [1.165, 1.54) is 227 Å². The summed E-state index contributed by atoms with van der Waals surface area (Å²) in [5.74, 6) is 9.73. The number of anilines is 1. The highest BCUT2D eigenvalue weighted by Crippen LogP contribution is 2.42. The second kappa shape index (κ2) is 56.8. The van der Waals surface area contributed by atoms with Crippen molar-refractivity contribution in [1.82, 2.24) is 4.98 Å². The van der Waals surface area contributed by atoms with Crippen LogP contribution in [-0.2, 0) is 92.5 Å². The number of ether oxygens (including phenoxy) is 3. The van der Waals surface area contributed by atoms with Crippen molar-refractivity contribution in [2.45, 2.75) is 437 Å². The Morgan fingerprint density at radius 1 is 0.338 bits per heavy atom. The van der Waals surface area contributed by atoms with Gasteiger partial charge in [0.1, 0.15) is 10.9 Å². The third-order valence-corrected chi connectivity index (χ3v) is 44.7. The van der Waals surface area contributed by atoms with E-state index in [0.29, 0.717) is 76.0 Å². The molecule has 5 fully saturated rings. The van der Waals surface area contributed by atoms with Gasteiger partial charge in [-0.2, -0.15) is 0 Å². The van der Waals surface area contributed by atoms with Crippen molar-refractivity contribution >= 4 is 72.4 Å². The summed E-state index contributed by atoms with van der Waals surface area (Å²) < 4.78 is 137. The second-order valence-corrected chi connectivity index (χ2v) is 61.0. The lowest BCUT2D eigenvalue weighted by atomic mass is 9.80. The van der Waals surface area contributed by atoms with Gasteiger partial charge in [-0.3, -0.25) is 4.79 Å². The number of nitrogens with two attached hydrogens (primary N) is 1. The zero-order valence-electron chi connectivity index (χ0n) is 87.6. The number of aromatic nitrogens is 1. The molecule has 0 bridgehead atoms. The lowest BCUT2D eigenvalue weighted by Crippen LogP contribution is -2.34. The van der Waals surface area contributed by atoms with Gasteiger partial charge in [0, 0.05) is 18.8 Å². The highest BCUT2D eigenvalue weighted by atomic mass is 35.5. The van der Waals surface area contributed by atoms with Crippen LogP contribution in [0.15, 0.2) is 109 Å². The van der Waals surface area contributed by atoms with Crippen LogP contribution in [0.5, 0.6) is 17.2 Å². The van der Waals surface area contributed by atoms with E-state index in [-0.39, 0.29) is 5.97 Å². The zero-order valence-corrected chi connectivity index (χ0v) is 92.4. The normalized spacial score (nSPS) is 21.5. The van der Waals surface area contributed by atoms with E-state index in [4.69, 9.17) is 31.5 Å². The minimum Gasteiger partial charge on any atom is -0.454 e. The maximum Gasteiger partial charge on any atom is 0.308 e. The summed E-state index contributed by atoms with van der Waals surface area (Å²) >= 11 is 6.09. The number of nitrogens with zero attached hydrogens (tertiary/aromatic N) is 1. The molecule has 1 aliphatic heterocycles. The molecule has 0 unspecified atom stereocenters. The van der Waals surface area contributed by atoms with Crippen LogP contribution in [0.4, 0.5) is 5.69 Å². The predicted octanol–water partition coefficient (Wildman–Crippen LogP) is 28.9. The first-order valence-electron chi connectivity index (χ1n) is 53.2. The molecule has 0 saturated heterocycles. The van der Waals surface area contributed by atoms with E-state index in [2.05, 4.69) is 66.5 Å². The number of halogens is 1. The molecule has 5 aromatic rings. The van der Waals surface area contributed by atoms with Gasteiger partial charge >= 0.3 is 5.97 Å². The van der Waals surface area contributed by atoms with Crippen LogP contribution in [0.1, 0.15) is 408 Å². The van der Waals surface area contributed by atoms with Crippen molar-refractivity contribution in [2.75, 3.05) is 41.3 Å². The lowest BCUT2D eigenvalue weighted by molar-refractivity contribution is -0.131. The van der Waals surface area contributed by atoms with Crippen molar-refractivity contribution < 1.29 is 61.1 Å². The minimum absolute atomic E-state index is 0.289. The molecular formula is C114H185ClN2O14S5. The fraction of sp³-hybridized carbons (Fsp3) is 0.737. The second-order valence-electron chi connectivity index (χ2n) is 46.7. The number of pyridine rings is 1. The highest BCUT2D eigenvalue weighted by Gasteiger charge is 2.39. The first-order valence-corrected chi connectivity index (χ1v) is 61.8. The Morgan fingerprint density at radius 3 is 0.941 bits per heavy atom. The molecule has 0 atom stereocenters. The van der Waals surface area contributed by atoms with E-state index in [9.17, 15) is 46.9 Å². The third-order valence-electron chi connectivity index (χ3n) is 30.5. The monoisotopic (exact) mass is 2000 g/mol. The molecule has 2 heterocycles. The number of hydrogen-bond acceptors (Lipinski definition) is 16. The number of hydrogen-bond donors (Lipinski definition) is 1. The Labute approximate surface area is 834 Å². The molecule has 0 radical (unpaired) electrons. The molecule has 4 aromatic carbocycles. The summed E-state index contributed by atoms with van der Waals surface area (Å²) in [7, 11) is -14.9. The van der Waals surface area contributed by atoms with Crippen LogP contribution < -0.4 is 19.9 Å². The number of carbonyl (C=O) groups is 1. The molecule has 22 heteroatoms. The van der Waals surface area contributed by atoms with Crippen LogP contribution in [-0.4, -0.2) is 112 Å². The van der Waals surface area contributed by atoms with E-state index < -0.39 is 72.9 Å². The largest absolute Gasteiger partial charge is 0.454 e. The van der Waals surface area contributed by atoms with Gasteiger partial charge in [0.15, 0.2) is 60.7 Å². The Kier molecular flexibility index (Phi) is 49.3. The molecule has 0 amide bonds. The van der Waals surface area contributed by atoms with Gasteiger partial charge in [0.05, 0.1) is 52.5 Å². The fourth-order valence-corrected chi connectivity index (χ4v) is 27.7. The molecule has 11 rings (SSSR count). The number of fused-ring (bicyclic) bond motifs is 1. The Balaban J connectivity index is 0.000000232. The number of unbranched alkanes of at least 4 members (excludes halogenated alkanes) is 10. The zero-order chi connectivity index (χ0) is 100. The van der Waals surface area contributed by atoms with Gasteiger partial charge in [0.25, 0.3) is 0 Å². The first-order chi connectivity index (χ1) is 63.9. The SMILES string of the molecule is CC(=O)Oc1ccc(CCCCCC2CCC(CS(=O)(=O)C(C)(C)C)CC2)cc1.CC(C)(C)S(=O)(=O)CC1CCC(CCCCCc2ccc3c(c2)OCO3)CC1.CC(C)(C)S(=O)(=O)CC1CCC(CCCCCc2cccc(N)c2)CC1.CC(C)(C)S(=O)(=O)CC1CCC(CCCCCc2cccnc2Cl)CC1.CCc1cccc(CCCCCC2CCC(CS(=O)(=O)C(C)(C)C)CC2)c1. The van der Waals surface area contributed by atoms with Crippen LogP contribution in [0.3, 0.4) is 0 Å². The average Bonchev–Trinajstić information content (AvgIpc) is 1.05. The fourth-order valence-electron chi connectivity index (χ4n) is 20.3. The van der Waals surface area contributed by atoms with Gasteiger partial charge in [-0.25, -0.2) is 47.1 Å². The standard InChI is InChI=1S/C24H38O4S.C24H40O2S.C23H36O4S.C22H37NO2S.C21H34ClNO2S/c1-19(25)28-23-16-14-21(15-17-23)9-7-5-6-8-20-10-12-22(13-11-20)18-29(26,27)24(2,3)4;1-5-20-12-9-13-22(18-20)11-8-6-7-10-21-14-16-23(17-15-21)19-27(25,26)24(2,3)4;1-23(2,3)28(24,25)16-20-11-9-18(10-12-20)7-5-4-6-8-19-13-14-21-22(15-19)27-17-26-21;1-22(2,3)26(24,25)17-20-14-12-18(13-15-20)8-5-4-6-9-19-10-7-11-21(23)16-19;1-21(2,3)26(24,25)16-18-13-11-17(12-14-18)8-5-4-6-9-19-10-7-15-23-20(19)22/h14-17,20,22H,5-13,18H2,1-4H3;9,12-13,18,21,23H,5-8,10-11,14-17,19H2,1-4H3;13-15,18,20H,4-12,16-17H2,1-3H3;7,10-11,16,18,20H,4-6,8-9,12-15,17,23H2,1-3H3;7,10,15,17-18H,4-6,8-9,11-14,16H2,1-3H3. The maximum atomic E-state index is 12.4. The molecule has 5 aliphatic carbocycles. The first kappa shape index (κ1) is 118. The number of carbonyl (C=O) groups excluding carboxylic acids is 1. The number of nitrogen functional groups attached to an aromatic ring is 1. The van der Waals surface area contributed by atoms with Gasteiger partial charge in [-0.15, -0.1) is 0 Å². The van der Waals surface area contributed by atoms with Gasteiger partial charge in [0.2, 0.25) is 6.79 Å². The summed E-state index contributed by atoms with van der Waals surface area (Å²) in [5.41, 5.74) is 14.7. The van der Waals surface area contributed by atoms with Gasteiger partial charge < -0.3 is 19.9 Å². The molecule has 16 nitrogen and oxygen atoms in total. The number of esters is 1. The van der Waals surface area contributed by atoms with E-state index in [0.717, 1.165) is 155 Å². The van der Waals surface area contributed by atoms with Crippen molar-refractivity contribution in [3.05, 3.63) is 148 Å². The summed E-state index contributed by atoms with van der Waals surface area (Å²) in [5, 5.41) is 0.635. The van der Waals surface area contributed by atoms with Crippen LogP contribution in [0, 0.1) is 59.2 Å². The quantitative estimate of drug-likeness (QED) is 0.0125. The summed E-state index contributed by atoms with van der Waals surface area (Å²) in [4.78, 5) is 15.1. The Hall–Kier alpha value is -5.06. The van der Waals surface area contributed by atoms with Crippen molar-refractivity contribution in [3.63, 3.8) is 0 Å². The molecule has 136 heavy (non-hydrogen) atoms. The minimum atomic E-state index is -3.00. The topological polar surface area (TPSA) is 254 Å². The van der Waals surface area contributed by atoms with E-state index >= 15 is 0 Å². The molecule has 0 spiro atoms. The summed E-state index contributed by atoms with van der Waals surface area (Å²) in [6, 6.07) is 35.2. The number of aryl methyl sites for hydroxylation is 6. The van der Waals surface area contributed by atoms with E-state index in [1.807, 2.05) is 152 Å². The Morgan fingerprint density at radius 2 is 0.625 bits per heavy atom. The van der Waals surface area contributed by atoms with Crippen LogP contribution >= 0.6 is 11.6 Å². The highest BCUT2D eigenvalue weighted by molar-refractivity contribution is 7.93. The van der Waals surface area contributed by atoms with Crippen molar-refractivity contribution in [2.24, 2.45) is 59.2 Å². The average molecular weight is 2000 g/mol. The molecule has 6 aliphatic rings. The molecule has 2 N–H and O–H groups in total. The van der Waals surface area contributed by atoms with E-state index in [1.54, 1.807) is 6.20 Å². The molecular weight excluding hydrogens is 1820 g/mol. The molecule has 5 saturated carbocycles. The number of benzene rings is 4. The van der Waals surface area contributed by atoms with Gasteiger partial charge in [-0.05, 0) is 374 Å². The Bertz CT molecular complexity index is 4880. The van der Waals surface area contributed by atoms with Crippen LogP contribution in [0.25, 0.3) is 0 Å². The number of sulfone groups is 5. The van der Waals surface area contributed by atoms with Crippen molar-refractivity contribution in [1.29, 1.82) is 0 Å². The molecule has 772 valence electrons. The predicted molar refractivity (Wildman–Crippen MR) is 572 cm³/mol. The third kappa shape index (κ3) is 43.2. The number of rotatable bonds is 42. The summed E-state index contributed by atoms with van der Waals surface area (Å²) in [6.07, 6.45) is 56.3. The summed E-state index contributed by atoms with van der Waals surface area (Å²) in [6.45, 7) is 31.2. The lowest BCUT2D eigenvalue weighted by Gasteiger charge is -2.30. The maximum absolute atomic E-state index is 12.4.